The molecule has 3 aliphatic heterocycles. The van der Waals surface area contributed by atoms with E-state index in [1.165, 1.54) is 18.2 Å². The quantitative estimate of drug-likeness (QED) is 0.661. The maximum Gasteiger partial charge on any atom is 0.344 e. The number of anilines is 1. The van der Waals surface area contributed by atoms with Crippen molar-refractivity contribution in [2.75, 3.05) is 4.90 Å². The van der Waals surface area contributed by atoms with Crippen LogP contribution in [0.2, 0.25) is 0 Å². The SMILES string of the molecule is Cc1cc2c(c(=O)o1)[C@@]1(C(=O)N3c4c(cc(F)cc41)[C@H](C)CC31CCCC1)C(C#N)=C(N)O2. The van der Waals surface area contributed by atoms with Gasteiger partial charge in [-0.3, -0.25) is 4.79 Å². The summed E-state index contributed by atoms with van der Waals surface area (Å²) in [6, 6.07) is 6.21. The first kappa shape index (κ1) is 20.0. The average molecular weight is 447 g/mol. The number of carbonyl (C=O) groups is 1. The lowest BCUT2D eigenvalue weighted by Gasteiger charge is -2.46. The number of aryl methyl sites for hydroxylation is 1. The molecule has 0 radical (unpaired) electrons. The van der Waals surface area contributed by atoms with Gasteiger partial charge in [0.05, 0.1) is 5.69 Å². The highest BCUT2D eigenvalue weighted by molar-refractivity contribution is 6.16. The Kier molecular flexibility index (Phi) is 3.80. The third kappa shape index (κ3) is 2.22. The van der Waals surface area contributed by atoms with Gasteiger partial charge in [-0.1, -0.05) is 19.8 Å². The molecule has 1 fully saturated rings. The largest absolute Gasteiger partial charge is 0.440 e. The minimum atomic E-state index is -1.91. The molecule has 0 bridgehead atoms. The Morgan fingerprint density at radius 3 is 2.67 bits per heavy atom. The molecule has 4 heterocycles. The maximum absolute atomic E-state index is 15.0. The molecule has 1 saturated carbocycles. The summed E-state index contributed by atoms with van der Waals surface area (Å²) < 4.78 is 26.0. The first-order chi connectivity index (χ1) is 15.7. The summed E-state index contributed by atoms with van der Waals surface area (Å²) in [5.41, 5.74) is 4.24. The van der Waals surface area contributed by atoms with Crippen molar-refractivity contribution in [1.29, 1.82) is 5.26 Å². The number of nitriles is 1. The highest BCUT2D eigenvalue weighted by Crippen LogP contribution is 2.62. The predicted octanol–water partition coefficient (Wildman–Crippen LogP) is 3.63. The van der Waals surface area contributed by atoms with Crippen LogP contribution < -0.4 is 21.0 Å². The van der Waals surface area contributed by atoms with Gasteiger partial charge in [0.2, 0.25) is 11.8 Å². The molecular formula is C25H22FN3O4. The van der Waals surface area contributed by atoms with Crippen molar-refractivity contribution in [3.05, 3.63) is 68.3 Å². The molecule has 1 aromatic heterocycles. The Bertz CT molecular complexity index is 1400. The van der Waals surface area contributed by atoms with Gasteiger partial charge in [0.25, 0.3) is 0 Å². The van der Waals surface area contributed by atoms with E-state index in [-0.39, 0.29) is 40.0 Å². The summed E-state index contributed by atoms with van der Waals surface area (Å²) in [5, 5.41) is 10.2. The summed E-state index contributed by atoms with van der Waals surface area (Å²) in [6.07, 6.45) is 4.25. The number of amides is 1. The second kappa shape index (κ2) is 6.25. The number of fused-ring (bicyclic) bond motifs is 4. The highest BCUT2D eigenvalue weighted by Gasteiger charge is 2.66. The van der Waals surface area contributed by atoms with E-state index >= 15 is 4.39 Å². The monoisotopic (exact) mass is 447 g/mol. The van der Waals surface area contributed by atoms with Gasteiger partial charge in [-0.05, 0) is 49.8 Å². The Balaban J connectivity index is 1.80. The molecule has 168 valence electrons. The Morgan fingerprint density at radius 1 is 1.24 bits per heavy atom. The van der Waals surface area contributed by atoms with Crippen molar-refractivity contribution in [3.8, 4) is 11.8 Å². The zero-order chi connectivity index (χ0) is 23.3. The van der Waals surface area contributed by atoms with Gasteiger partial charge in [0.15, 0.2) is 5.41 Å². The summed E-state index contributed by atoms with van der Waals surface area (Å²) in [7, 11) is 0. The molecule has 2 atom stereocenters. The van der Waals surface area contributed by atoms with Gasteiger partial charge in [-0.25, -0.2) is 9.18 Å². The van der Waals surface area contributed by atoms with E-state index in [0.717, 1.165) is 25.7 Å². The number of hydrogen-bond acceptors (Lipinski definition) is 6. The van der Waals surface area contributed by atoms with Crippen molar-refractivity contribution in [1.82, 2.24) is 0 Å². The summed E-state index contributed by atoms with van der Waals surface area (Å²) in [6.45, 7) is 3.61. The lowest BCUT2D eigenvalue weighted by Crippen LogP contribution is -2.57. The van der Waals surface area contributed by atoms with Crippen LogP contribution in [0.1, 0.15) is 67.4 Å². The second-order valence-corrected chi connectivity index (χ2v) is 9.66. The molecule has 4 aliphatic rings. The van der Waals surface area contributed by atoms with Gasteiger partial charge < -0.3 is 19.8 Å². The number of halogens is 1. The normalized spacial score (nSPS) is 26.4. The number of rotatable bonds is 0. The number of carbonyl (C=O) groups excluding carboxylic acids is 1. The number of ether oxygens (including phenoxy) is 1. The lowest BCUT2D eigenvalue weighted by molar-refractivity contribution is -0.122. The van der Waals surface area contributed by atoms with E-state index in [4.69, 9.17) is 14.9 Å². The van der Waals surface area contributed by atoms with Crippen LogP contribution in [0.5, 0.6) is 5.75 Å². The van der Waals surface area contributed by atoms with Crippen molar-refractivity contribution >= 4 is 11.6 Å². The first-order valence-electron chi connectivity index (χ1n) is 11.2. The molecule has 6 rings (SSSR count). The molecule has 2 aromatic rings. The van der Waals surface area contributed by atoms with Crippen LogP contribution in [0.3, 0.4) is 0 Å². The summed E-state index contributed by atoms with van der Waals surface area (Å²) in [4.78, 5) is 29.6. The molecule has 33 heavy (non-hydrogen) atoms. The van der Waals surface area contributed by atoms with Crippen LogP contribution in [-0.2, 0) is 10.2 Å². The molecule has 2 N–H and O–H groups in total. The fourth-order valence-electron chi connectivity index (χ4n) is 6.70. The standard InChI is InChI=1S/C25H22FN3O4/c1-12-10-24(5-3-4-6-24)29-20-15(12)8-14(26)9-16(20)25(23(29)31)17(11-27)21(28)33-18-7-13(2)32-22(30)19(18)25/h7-9,12H,3-6,10,28H2,1-2H3/t12-,25+/m1/s1. The van der Waals surface area contributed by atoms with Gasteiger partial charge in [-0.15, -0.1) is 0 Å². The van der Waals surface area contributed by atoms with E-state index in [1.54, 1.807) is 11.8 Å². The Hall–Kier alpha value is -3.60. The molecule has 7 nitrogen and oxygen atoms in total. The fraction of sp³-hybridized carbons (Fsp3) is 0.400. The van der Waals surface area contributed by atoms with Crippen molar-refractivity contribution in [2.45, 2.75) is 62.8 Å². The minimum Gasteiger partial charge on any atom is -0.440 e. The highest BCUT2D eigenvalue weighted by atomic mass is 19.1. The summed E-state index contributed by atoms with van der Waals surface area (Å²) in [5.74, 6) is -0.928. The van der Waals surface area contributed by atoms with E-state index in [0.29, 0.717) is 17.7 Å². The Morgan fingerprint density at radius 2 is 1.97 bits per heavy atom. The van der Waals surface area contributed by atoms with Crippen molar-refractivity contribution < 1.29 is 18.3 Å². The van der Waals surface area contributed by atoms with Gasteiger partial charge in [0, 0.05) is 17.2 Å². The van der Waals surface area contributed by atoms with Crippen LogP contribution in [-0.4, -0.2) is 11.4 Å². The van der Waals surface area contributed by atoms with E-state index in [2.05, 4.69) is 0 Å². The van der Waals surface area contributed by atoms with Crippen LogP contribution >= 0.6 is 0 Å². The smallest absolute Gasteiger partial charge is 0.344 e. The fourth-order valence-corrected chi connectivity index (χ4v) is 6.70. The molecule has 1 aromatic carbocycles. The van der Waals surface area contributed by atoms with E-state index in [9.17, 15) is 14.9 Å². The molecule has 2 spiro atoms. The zero-order valence-electron chi connectivity index (χ0n) is 18.3. The van der Waals surface area contributed by atoms with Crippen molar-refractivity contribution in [3.63, 3.8) is 0 Å². The zero-order valence-corrected chi connectivity index (χ0v) is 18.3. The molecule has 1 amide bonds. The maximum atomic E-state index is 15.0. The number of hydrogen-bond donors (Lipinski definition) is 1. The van der Waals surface area contributed by atoms with Crippen LogP contribution in [0.4, 0.5) is 10.1 Å². The molecule has 0 unspecified atom stereocenters. The number of benzene rings is 1. The average Bonchev–Trinajstić information content (AvgIpc) is 3.29. The molecular weight excluding hydrogens is 425 g/mol. The van der Waals surface area contributed by atoms with Gasteiger partial charge in [0.1, 0.15) is 34.5 Å². The molecule has 1 aliphatic carbocycles. The van der Waals surface area contributed by atoms with E-state index < -0.39 is 28.3 Å². The molecule has 0 saturated heterocycles. The topological polar surface area (TPSA) is 110 Å². The van der Waals surface area contributed by atoms with Crippen LogP contribution in [0, 0.1) is 24.1 Å². The lowest BCUT2D eigenvalue weighted by atomic mass is 9.69. The number of nitrogens with two attached hydrogens (primary N) is 1. The van der Waals surface area contributed by atoms with E-state index in [1.807, 2.05) is 13.0 Å². The van der Waals surface area contributed by atoms with Gasteiger partial charge in [-0.2, -0.15) is 5.26 Å². The number of nitrogens with zero attached hydrogens (tertiary/aromatic N) is 2. The van der Waals surface area contributed by atoms with Crippen molar-refractivity contribution in [2.24, 2.45) is 5.73 Å². The van der Waals surface area contributed by atoms with Gasteiger partial charge >= 0.3 is 5.63 Å². The van der Waals surface area contributed by atoms with Crippen LogP contribution in [0.25, 0.3) is 0 Å². The molecule has 8 heteroatoms. The van der Waals surface area contributed by atoms with Crippen LogP contribution in [0.15, 0.2) is 38.9 Å². The first-order valence-corrected chi connectivity index (χ1v) is 11.2. The third-order valence-electron chi connectivity index (χ3n) is 7.85. The summed E-state index contributed by atoms with van der Waals surface area (Å²) >= 11 is 0. The Labute approximate surface area is 189 Å². The minimum absolute atomic E-state index is 0.00681. The third-order valence-corrected chi connectivity index (χ3v) is 7.85. The predicted molar refractivity (Wildman–Crippen MR) is 116 cm³/mol. The second-order valence-electron chi connectivity index (χ2n) is 9.66.